The predicted octanol–water partition coefficient (Wildman–Crippen LogP) is 3.04. The van der Waals surface area contributed by atoms with E-state index in [1.165, 1.54) is 11.1 Å². The Bertz CT molecular complexity index is 571. The molecule has 0 spiro atoms. The molecule has 0 radical (unpaired) electrons. The van der Waals surface area contributed by atoms with Crippen LogP contribution in [0.15, 0.2) is 29.3 Å². The van der Waals surface area contributed by atoms with Crippen LogP contribution in [0, 0.1) is 0 Å². The third kappa shape index (κ3) is 6.46. The van der Waals surface area contributed by atoms with Crippen LogP contribution in [-0.2, 0) is 23.6 Å². The van der Waals surface area contributed by atoms with Crippen molar-refractivity contribution >= 4 is 16.8 Å². The second-order valence-electron chi connectivity index (χ2n) is 6.72. The number of guanidine groups is 1. The summed E-state index contributed by atoms with van der Waals surface area (Å²) in [6.45, 7) is 5.06. The standard InChI is InChI=1S/C20H33N3OS/c1-4-16-9-11-17(12-10-16)13-14-22-20(21-3)23-18-7-6-8-19(15-18)25(24)5-2/h9-12,18-19H,4-8,13-15H2,1-3H3,(H2,21,22,23). The van der Waals surface area contributed by atoms with Crippen molar-refractivity contribution in [1.29, 1.82) is 0 Å². The average Bonchev–Trinajstić information content (AvgIpc) is 2.67. The predicted molar refractivity (Wildman–Crippen MR) is 109 cm³/mol. The van der Waals surface area contributed by atoms with E-state index in [4.69, 9.17) is 0 Å². The monoisotopic (exact) mass is 363 g/mol. The van der Waals surface area contributed by atoms with Crippen molar-refractivity contribution in [3.8, 4) is 0 Å². The van der Waals surface area contributed by atoms with Crippen LogP contribution in [-0.4, -0.2) is 40.8 Å². The van der Waals surface area contributed by atoms with Gasteiger partial charge in [-0.15, -0.1) is 0 Å². The molecule has 0 saturated heterocycles. The van der Waals surface area contributed by atoms with Crippen LogP contribution >= 0.6 is 0 Å². The van der Waals surface area contributed by atoms with E-state index in [1.54, 1.807) is 0 Å². The maximum Gasteiger partial charge on any atom is 0.191 e. The number of aliphatic imine (C=N–C) groups is 1. The summed E-state index contributed by atoms with van der Waals surface area (Å²) < 4.78 is 12.1. The number of nitrogens with zero attached hydrogens (tertiary/aromatic N) is 1. The summed E-state index contributed by atoms with van der Waals surface area (Å²) in [7, 11) is 1.13. The van der Waals surface area contributed by atoms with E-state index < -0.39 is 10.8 Å². The number of hydrogen-bond donors (Lipinski definition) is 2. The van der Waals surface area contributed by atoms with Crippen LogP contribution in [0.25, 0.3) is 0 Å². The molecule has 2 N–H and O–H groups in total. The van der Waals surface area contributed by atoms with Gasteiger partial charge in [-0.25, -0.2) is 0 Å². The van der Waals surface area contributed by atoms with Gasteiger partial charge in [-0.05, 0) is 43.2 Å². The fraction of sp³-hybridized carbons (Fsp3) is 0.650. The Hall–Kier alpha value is -1.36. The zero-order valence-electron chi connectivity index (χ0n) is 15.9. The summed E-state index contributed by atoms with van der Waals surface area (Å²) in [5.74, 6) is 1.62. The molecule has 3 unspecified atom stereocenters. The topological polar surface area (TPSA) is 53.5 Å². The second kappa shape index (κ2) is 10.6. The van der Waals surface area contributed by atoms with Crippen molar-refractivity contribution in [3.05, 3.63) is 35.4 Å². The molecule has 1 aliphatic carbocycles. The molecule has 0 heterocycles. The lowest BCUT2D eigenvalue weighted by Gasteiger charge is -2.30. The Labute approximate surface area is 155 Å². The summed E-state index contributed by atoms with van der Waals surface area (Å²) >= 11 is 0. The fourth-order valence-electron chi connectivity index (χ4n) is 3.41. The van der Waals surface area contributed by atoms with E-state index in [0.29, 0.717) is 11.3 Å². The van der Waals surface area contributed by atoms with Gasteiger partial charge in [0, 0.05) is 41.4 Å². The first kappa shape index (κ1) is 20.0. The zero-order valence-corrected chi connectivity index (χ0v) is 16.7. The van der Waals surface area contributed by atoms with Crippen molar-refractivity contribution in [2.75, 3.05) is 19.3 Å². The van der Waals surface area contributed by atoms with Gasteiger partial charge in [0.2, 0.25) is 0 Å². The molecule has 1 saturated carbocycles. The van der Waals surface area contributed by atoms with Crippen molar-refractivity contribution in [2.24, 2.45) is 4.99 Å². The molecular weight excluding hydrogens is 330 g/mol. The zero-order chi connectivity index (χ0) is 18.1. The lowest BCUT2D eigenvalue weighted by molar-refractivity contribution is 0.413. The van der Waals surface area contributed by atoms with Crippen LogP contribution in [0.3, 0.4) is 0 Å². The molecule has 0 amide bonds. The van der Waals surface area contributed by atoms with E-state index >= 15 is 0 Å². The highest BCUT2D eigenvalue weighted by Gasteiger charge is 2.25. The van der Waals surface area contributed by atoms with Crippen LogP contribution in [0.1, 0.15) is 50.7 Å². The van der Waals surface area contributed by atoms with Gasteiger partial charge in [-0.3, -0.25) is 9.20 Å². The molecule has 1 aromatic rings. The average molecular weight is 364 g/mol. The molecule has 0 aromatic heterocycles. The van der Waals surface area contributed by atoms with Crippen molar-refractivity contribution < 1.29 is 4.21 Å². The number of rotatable bonds is 7. The summed E-state index contributed by atoms with van der Waals surface area (Å²) in [6, 6.07) is 9.21. The highest BCUT2D eigenvalue weighted by atomic mass is 32.2. The molecular formula is C20H33N3OS. The third-order valence-electron chi connectivity index (χ3n) is 4.98. The SMILES string of the molecule is CCc1ccc(CCNC(=NC)NC2CCCC(S(=O)CC)C2)cc1. The molecule has 1 aromatic carbocycles. The summed E-state index contributed by atoms with van der Waals surface area (Å²) in [4.78, 5) is 4.35. The molecule has 0 bridgehead atoms. The van der Waals surface area contributed by atoms with Crippen LogP contribution in [0.2, 0.25) is 0 Å². The first-order valence-electron chi connectivity index (χ1n) is 9.58. The number of nitrogens with one attached hydrogen (secondary N) is 2. The van der Waals surface area contributed by atoms with E-state index in [0.717, 1.165) is 56.8 Å². The van der Waals surface area contributed by atoms with Gasteiger partial charge in [0.05, 0.1) is 0 Å². The Morgan fingerprint density at radius 2 is 1.92 bits per heavy atom. The molecule has 3 atom stereocenters. The molecule has 4 nitrogen and oxygen atoms in total. The highest BCUT2D eigenvalue weighted by Crippen LogP contribution is 2.22. The first-order chi connectivity index (χ1) is 12.2. The minimum absolute atomic E-state index is 0.339. The Kier molecular flexibility index (Phi) is 8.45. The second-order valence-corrected chi connectivity index (χ2v) is 8.72. The van der Waals surface area contributed by atoms with Gasteiger partial charge >= 0.3 is 0 Å². The normalized spacial score (nSPS) is 22.4. The van der Waals surface area contributed by atoms with Gasteiger partial charge in [0.25, 0.3) is 0 Å². The number of hydrogen-bond acceptors (Lipinski definition) is 2. The maximum atomic E-state index is 12.1. The van der Waals surface area contributed by atoms with E-state index in [9.17, 15) is 4.21 Å². The lowest BCUT2D eigenvalue weighted by atomic mass is 9.95. The highest BCUT2D eigenvalue weighted by molar-refractivity contribution is 7.85. The molecule has 2 rings (SSSR count). The van der Waals surface area contributed by atoms with Gasteiger partial charge < -0.3 is 10.6 Å². The van der Waals surface area contributed by atoms with E-state index in [-0.39, 0.29) is 0 Å². The van der Waals surface area contributed by atoms with E-state index in [2.05, 4.69) is 46.8 Å². The molecule has 25 heavy (non-hydrogen) atoms. The fourth-order valence-corrected chi connectivity index (χ4v) is 4.75. The van der Waals surface area contributed by atoms with Gasteiger partial charge in [0.1, 0.15) is 0 Å². The van der Waals surface area contributed by atoms with Crippen molar-refractivity contribution in [3.63, 3.8) is 0 Å². The summed E-state index contributed by atoms with van der Waals surface area (Å²) in [5.41, 5.74) is 2.72. The van der Waals surface area contributed by atoms with E-state index in [1.807, 2.05) is 14.0 Å². The Morgan fingerprint density at radius 3 is 2.56 bits per heavy atom. The molecule has 140 valence electrons. The lowest BCUT2D eigenvalue weighted by Crippen LogP contribution is -2.47. The van der Waals surface area contributed by atoms with Crippen LogP contribution < -0.4 is 10.6 Å². The van der Waals surface area contributed by atoms with Gasteiger partial charge in [0.15, 0.2) is 5.96 Å². The Morgan fingerprint density at radius 1 is 1.20 bits per heavy atom. The molecule has 0 aliphatic heterocycles. The number of benzene rings is 1. The first-order valence-corrected chi connectivity index (χ1v) is 11.0. The number of aryl methyl sites for hydroxylation is 1. The minimum Gasteiger partial charge on any atom is -0.356 e. The van der Waals surface area contributed by atoms with Crippen molar-refractivity contribution in [2.45, 2.75) is 63.7 Å². The maximum absolute atomic E-state index is 12.1. The third-order valence-corrected chi connectivity index (χ3v) is 6.72. The van der Waals surface area contributed by atoms with Crippen LogP contribution in [0.4, 0.5) is 0 Å². The van der Waals surface area contributed by atoms with Crippen molar-refractivity contribution in [1.82, 2.24) is 10.6 Å². The van der Waals surface area contributed by atoms with Crippen LogP contribution in [0.5, 0.6) is 0 Å². The Balaban J connectivity index is 1.77. The minimum atomic E-state index is -0.684. The summed E-state index contributed by atoms with van der Waals surface area (Å²) in [5, 5.41) is 7.28. The molecule has 5 heteroatoms. The molecule has 1 aliphatic rings. The van der Waals surface area contributed by atoms with Gasteiger partial charge in [-0.1, -0.05) is 44.5 Å². The van der Waals surface area contributed by atoms with Gasteiger partial charge in [-0.2, -0.15) is 0 Å². The largest absolute Gasteiger partial charge is 0.356 e. The quantitative estimate of drug-likeness (QED) is 0.578. The summed E-state index contributed by atoms with van der Waals surface area (Å²) in [6.07, 6.45) is 6.43. The molecule has 1 fully saturated rings. The smallest absolute Gasteiger partial charge is 0.191 e.